The Balaban J connectivity index is 1.83. The summed E-state index contributed by atoms with van der Waals surface area (Å²) in [6.07, 6.45) is -0.131. The lowest BCUT2D eigenvalue weighted by atomic mass is 10.1. The number of amides is 2. The Kier molecular flexibility index (Phi) is 6.00. The van der Waals surface area contributed by atoms with E-state index in [-0.39, 0.29) is 12.6 Å². The minimum absolute atomic E-state index is 0.184. The van der Waals surface area contributed by atoms with Gasteiger partial charge in [0.25, 0.3) is 0 Å². The molecule has 2 amide bonds. The number of nitrogens with one attached hydrogen (secondary N) is 2. The fourth-order valence-electron chi connectivity index (χ4n) is 2.20. The number of carbonyl (C=O) groups is 1. The van der Waals surface area contributed by atoms with Gasteiger partial charge in [0.1, 0.15) is 5.75 Å². The number of aliphatic hydroxyl groups is 1. The first kappa shape index (κ1) is 16.8. The molecule has 0 radical (unpaired) electrons. The molecule has 5 nitrogen and oxygen atoms in total. The van der Waals surface area contributed by atoms with Crippen LogP contribution < -0.4 is 15.4 Å². The molecule has 0 bridgehead atoms. The molecule has 0 heterocycles. The molecule has 122 valence electrons. The number of methoxy groups -OCH3 is 1. The van der Waals surface area contributed by atoms with Gasteiger partial charge in [-0.05, 0) is 24.1 Å². The Bertz CT molecular complexity index is 644. The maximum Gasteiger partial charge on any atom is 0.319 e. The van der Waals surface area contributed by atoms with Gasteiger partial charge in [-0.1, -0.05) is 36.4 Å². The zero-order valence-electron chi connectivity index (χ0n) is 13.4. The number of hydrogen-bond acceptors (Lipinski definition) is 3. The summed E-state index contributed by atoms with van der Waals surface area (Å²) in [7, 11) is 1.58. The van der Waals surface area contributed by atoms with Crippen LogP contribution in [0.15, 0.2) is 48.5 Å². The van der Waals surface area contributed by atoms with Gasteiger partial charge in [0.05, 0.1) is 13.2 Å². The lowest BCUT2D eigenvalue weighted by Gasteiger charge is -2.14. The molecular weight excluding hydrogens is 292 g/mol. The molecule has 1 unspecified atom stereocenters. The molecule has 5 heteroatoms. The smallest absolute Gasteiger partial charge is 0.319 e. The fourth-order valence-corrected chi connectivity index (χ4v) is 2.20. The lowest BCUT2D eigenvalue weighted by Crippen LogP contribution is -2.36. The summed E-state index contributed by atoms with van der Waals surface area (Å²) in [6.45, 7) is 2.09. The average molecular weight is 314 g/mol. The minimum Gasteiger partial charge on any atom is -0.497 e. The Morgan fingerprint density at radius 2 is 1.96 bits per heavy atom. The molecule has 0 aliphatic heterocycles. The summed E-state index contributed by atoms with van der Waals surface area (Å²) < 4.78 is 5.14. The van der Waals surface area contributed by atoms with Gasteiger partial charge in [0.15, 0.2) is 0 Å². The Hall–Kier alpha value is -2.53. The molecule has 0 fully saturated rings. The van der Waals surface area contributed by atoms with Crippen LogP contribution in [-0.2, 0) is 6.42 Å². The Morgan fingerprint density at radius 1 is 1.22 bits per heavy atom. The molecule has 2 aromatic rings. The number of hydrogen-bond donors (Lipinski definition) is 3. The molecule has 0 aromatic heterocycles. The first-order chi connectivity index (χ1) is 11.1. The molecule has 0 saturated carbocycles. The highest BCUT2D eigenvalue weighted by Gasteiger charge is 2.09. The molecule has 0 aliphatic rings. The molecule has 0 saturated heterocycles. The number of rotatable bonds is 6. The molecular formula is C18H22N2O3. The third-order valence-corrected chi connectivity index (χ3v) is 3.51. The Morgan fingerprint density at radius 3 is 2.65 bits per heavy atom. The number of benzene rings is 2. The van der Waals surface area contributed by atoms with Gasteiger partial charge in [-0.15, -0.1) is 0 Å². The molecule has 1 atom stereocenters. The van der Waals surface area contributed by atoms with Gasteiger partial charge in [-0.3, -0.25) is 0 Å². The largest absolute Gasteiger partial charge is 0.497 e. The van der Waals surface area contributed by atoms with Crippen molar-refractivity contribution >= 4 is 11.7 Å². The van der Waals surface area contributed by atoms with Gasteiger partial charge in [0, 0.05) is 24.7 Å². The fraction of sp³-hybridized carbons (Fsp3) is 0.278. The zero-order chi connectivity index (χ0) is 16.7. The minimum atomic E-state index is -0.630. The van der Waals surface area contributed by atoms with E-state index in [4.69, 9.17) is 4.74 Å². The van der Waals surface area contributed by atoms with Gasteiger partial charge < -0.3 is 20.5 Å². The number of anilines is 1. The summed E-state index contributed by atoms with van der Waals surface area (Å²) >= 11 is 0. The normalized spacial score (nSPS) is 11.6. The van der Waals surface area contributed by atoms with Crippen molar-refractivity contribution in [3.05, 3.63) is 59.7 Å². The average Bonchev–Trinajstić information content (AvgIpc) is 2.56. The maximum atomic E-state index is 11.9. The van der Waals surface area contributed by atoms with Gasteiger partial charge >= 0.3 is 6.03 Å². The van der Waals surface area contributed by atoms with Crippen molar-refractivity contribution in [3.8, 4) is 5.75 Å². The standard InChI is InChI=1S/C18H22N2O3/c1-13-8-9-16(23-2)11-17(13)20-18(22)19-12-15(21)10-14-6-4-3-5-7-14/h3-9,11,15,21H,10,12H2,1-2H3,(H2,19,20,22). The van der Waals surface area contributed by atoms with E-state index in [1.807, 2.05) is 49.4 Å². The van der Waals surface area contributed by atoms with E-state index in [0.29, 0.717) is 17.9 Å². The maximum absolute atomic E-state index is 11.9. The van der Waals surface area contributed by atoms with Crippen LogP contribution in [0.4, 0.5) is 10.5 Å². The summed E-state index contributed by atoms with van der Waals surface area (Å²) in [6, 6.07) is 14.8. The highest BCUT2D eigenvalue weighted by atomic mass is 16.5. The van der Waals surface area contributed by atoms with E-state index in [1.54, 1.807) is 13.2 Å². The van der Waals surface area contributed by atoms with Crippen molar-refractivity contribution in [2.75, 3.05) is 19.0 Å². The predicted octanol–water partition coefficient (Wildman–Crippen LogP) is 2.73. The number of urea groups is 1. The molecule has 3 N–H and O–H groups in total. The zero-order valence-corrected chi connectivity index (χ0v) is 13.4. The van der Waals surface area contributed by atoms with Crippen LogP contribution in [-0.4, -0.2) is 30.9 Å². The van der Waals surface area contributed by atoms with Crippen LogP contribution >= 0.6 is 0 Å². The number of ether oxygens (including phenoxy) is 1. The van der Waals surface area contributed by atoms with E-state index < -0.39 is 6.10 Å². The van der Waals surface area contributed by atoms with Gasteiger partial charge in [-0.2, -0.15) is 0 Å². The summed E-state index contributed by atoms with van der Waals surface area (Å²) in [5.41, 5.74) is 2.65. The lowest BCUT2D eigenvalue weighted by molar-refractivity contribution is 0.172. The van der Waals surface area contributed by atoms with Gasteiger partial charge in [-0.25, -0.2) is 4.79 Å². The van der Waals surface area contributed by atoms with Crippen molar-refractivity contribution in [2.45, 2.75) is 19.4 Å². The van der Waals surface area contributed by atoms with Gasteiger partial charge in [0.2, 0.25) is 0 Å². The second-order valence-electron chi connectivity index (χ2n) is 5.36. The first-order valence-electron chi connectivity index (χ1n) is 7.50. The Labute approximate surface area is 136 Å². The topological polar surface area (TPSA) is 70.6 Å². The summed E-state index contributed by atoms with van der Waals surface area (Å²) in [5, 5.41) is 15.4. The predicted molar refractivity (Wildman–Crippen MR) is 90.9 cm³/mol. The van der Waals surface area contributed by atoms with E-state index in [9.17, 15) is 9.90 Å². The SMILES string of the molecule is COc1ccc(C)c(NC(=O)NCC(O)Cc2ccccc2)c1. The third kappa shape index (κ3) is 5.30. The van der Waals surface area contributed by atoms with E-state index in [1.165, 1.54) is 0 Å². The monoisotopic (exact) mass is 314 g/mol. The van der Waals surface area contributed by atoms with Crippen LogP contribution in [0.3, 0.4) is 0 Å². The van der Waals surface area contributed by atoms with Crippen LogP contribution in [0.1, 0.15) is 11.1 Å². The van der Waals surface area contributed by atoms with Crippen molar-refractivity contribution in [1.82, 2.24) is 5.32 Å². The van der Waals surface area contributed by atoms with Crippen LogP contribution in [0, 0.1) is 6.92 Å². The molecule has 0 aliphatic carbocycles. The molecule has 23 heavy (non-hydrogen) atoms. The summed E-state index contributed by atoms with van der Waals surface area (Å²) in [5.74, 6) is 0.676. The highest BCUT2D eigenvalue weighted by Crippen LogP contribution is 2.21. The van der Waals surface area contributed by atoms with Crippen molar-refractivity contribution in [1.29, 1.82) is 0 Å². The van der Waals surface area contributed by atoms with Crippen molar-refractivity contribution < 1.29 is 14.6 Å². The molecule has 0 spiro atoms. The molecule has 2 rings (SSSR count). The van der Waals surface area contributed by atoms with Crippen LogP contribution in [0.2, 0.25) is 0 Å². The van der Waals surface area contributed by atoms with Crippen molar-refractivity contribution in [3.63, 3.8) is 0 Å². The second kappa shape index (κ2) is 8.19. The number of aryl methyl sites for hydroxylation is 1. The number of aliphatic hydroxyl groups excluding tert-OH is 1. The van der Waals surface area contributed by atoms with Crippen molar-refractivity contribution in [2.24, 2.45) is 0 Å². The van der Waals surface area contributed by atoms with E-state index in [2.05, 4.69) is 10.6 Å². The highest BCUT2D eigenvalue weighted by molar-refractivity contribution is 5.90. The quantitative estimate of drug-likeness (QED) is 0.768. The molecule has 2 aromatic carbocycles. The van der Waals surface area contributed by atoms with Crippen LogP contribution in [0.5, 0.6) is 5.75 Å². The number of carbonyl (C=O) groups excluding carboxylic acids is 1. The van der Waals surface area contributed by atoms with Crippen LogP contribution in [0.25, 0.3) is 0 Å². The second-order valence-corrected chi connectivity index (χ2v) is 5.36. The van der Waals surface area contributed by atoms with E-state index >= 15 is 0 Å². The first-order valence-corrected chi connectivity index (χ1v) is 7.50. The third-order valence-electron chi connectivity index (χ3n) is 3.51. The van der Waals surface area contributed by atoms with E-state index in [0.717, 1.165) is 11.1 Å². The summed E-state index contributed by atoms with van der Waals surface area (Å²) in [4.78, 5) is 11.9.